The van der Waals surface area contributed by atoms with E-state index >= 15 is 0 Å². The zero-order valence-electron chi connectivity index (χ0n) is 14.8. The molecule has 5 heteroatoms. The first-order valence-electron chi connectivity index (χ1n) is 9.17. The average molecular weight is 331 g/mol. The molecule has 1 unspecified atom stereocenters. The van der Waals surface area contributed by atoms with Crippen LogP contribution in [0.3, 0.4) is 0 Å². The SMILES string of the molecule is CC(C)C1CN(C(=O)NCC2(c3ccccn3)CCC2)CCCO1. The number of hydrogen-bond donors (Lipinski definition) is 1. The highest BCUT2D eigenvalue weighted by Crippen LogP contribution is 2.42. The van der Waals surface area contributed by atoms with Crippen LogP contribution in [0.4, 0.5) is 4.79 Å². The van der Waals surface area contributed by atoms with Crippen molar-refractivity contribution in [2.75, 3.05) is 26.2 Å². The number of ether oxygens (including phenoxy) is 1. The van der Waals surface area contributed by atoms with Crippen LogP contribution in [0.2, 0.25) is 0 Å². The van der Waals surface area contributed by atoms with E-state index in [9.17, 15) is 4.79 Å². The lowest BCUT2D eigenvalue weighted by Gasteiger charge is -2.42. The lowest BCUT2D eigenvalue weighted by molar-refractivity contribution is 0.0266. The number of carbonyl (C=O) groups excluding carboxylic acids is 1. The van der Waals surface area contributed by atoms with Crippen LogP contribution in [0, 0.1) is 5.92 Å². The monoisotopic (exact) mass is 331 g/mol. The van der Waals surface area contributed by atoms with Crippen LogP contribution >= 0.6 is 0 Å². The zero-order chi connectivity index (χ0) is 17.0. The predicted octanol–water partition coefficient (Wildman–Crippen LogP) is 2.96. The van der Waals surface area contributed by atoms with Crippen molar-refractivity contribution in [2.24, 2.45) is 5.92 Å². The molecule has 3 rings (SSSR count). The van der Waals surface area contributed by atoms with Crippen molar-refractivity contribution in [3.63, 3.8) is 0 Å². The standard InChI is InChI=1S/C19H29N3O2/c1-15(2)16-13-22(11-6-12-24-16)18(23)21-14-19(8-5-9-19)17-7-3-4-10-20-17/h3-4,7,10,15-16H,5-6,8-9,11-14H2,1-2H3,(H,21,23). The van der Waals surface area contributed by atoms with Crippen LogP contribution < -0.4 is 5.32 Å². The van der Waals surface area contributed by atoms with E-state index in [-0.39, 0.29) is 17.6 Å². The van der Waals surface area contributed by atoms with Crippen molar-refractivity contribution < 1.29 is 9.53 Å². The summed E-state index contributed by atoms with van der Waals surface area (Å²) in [6.45, 7) is 7.16. The van der Waals surface area contributed by atoms with E-state index in [1.807, 2.05) is 23.2 Å². The average Bonchev–Trinajstić information content (AvgIpc) is 2.81. The predicted molar refractivity (Wildman–Crippen MR) is 93.9 cm³/mol. The van der Waals surface area contributed by atoms with Gasteiger partial charge in [0.15, 0.2) is 0 Å². The number of rotatable bonds is 4. The van der Waals surface area contributed by atoms with E-state index in [1.165, 1.54) is 6.42 Å². The summed E-state index contributed by atoms with van der Waals surface area (Å²) in [4.78, 5) is 19.1. The number of nitrogens with one attached hydrogen (secondary N) is 1. The van der Waals surface area contributed by atoms with Gasteiger partial charge >= 0.3 is 6.03 Å². The van der Waals surface area contributed by atoms with E-state index < -0.39 is 0 Å². The quantitative estimate of drug-likeness (QED) is 0.923. The maximum absolute atomic E-state index is 12.7. The molecule has 132 valence electrons. The van der Waals surface area contributed by atoms with Gasteiger partial charge in [-0.3, -0.25) is 4.98 Å². The van der Waals surface area contributed by atoms with E-state index in [4.69, 9.17) is 4.74 Å². The highest BCUT2D eigenvalue weighted by molar-refractivity contribution is 5.74. The Hall–Kier alpha value is -1.62. The molecule has 24 heavy (non-hydrogen) atoms. The first-order chi connectivity index (χ1) is 11.6. The van der Waals surface area contributed by atoms with Crippen molar-refractivity contribution in [2.45, 2.75) is 51.0 Å². The van der Waals surface area contributed by atoms with Crippen LogP contribution in [0.25, 0.3) is 0 Å². The summed E-state index contributed by atoms with van der Waals surface area (Å²) in [7, 11) is 0. The Labute approximate surface area is 144 Å². The summed E-state index contributed by atoms with van der Waals surface area (Å²) in [5.41, 5.74) is 1.13. The van der Waals surface area contributed by atoms with Gasteiger partial charge in [-0.1, -0.05) is 26.3 Å². The van der Waals surface area contributed by atoms with Crippen LogP contribution in [0.5, 0.6) is 0 Å². The Morgan fingerprint density at radius 1 is 1.42 bits per heavy atom. The van der Waals surface area contributed by atoms with Gasteiger partial charge in [0.05, 0.1) is 6.10 Å². The van der Waals surface area contributed by atoms with Crippen LogP contribution in [0.1, 0.15) is 45.2 Å². The largest absolute Gasteiger partial charge is 0.376 e. The lowest BCUT2D eigenvalue weighted by Crippen LogP contribution is -2.51. The summed E-state index contributed by atoms with van der Waals surface area (Å²) in [5.74, 6) is 0.421. The fourth-order valence-corrected chi connectivity index (χ4v) is 3.60. The fourth-order valence-electron chi connectivity index (χ4n) is 3.60. The van der Waals surface area contributed by atoms with Gasteiger partial charge in [0, 0.05) is 43.5 Å². The Kier molecular flexibility index (Phi) is 5.39. The molecule has 1 aliphatic heterocycles. The van der Waals surface area contributed by atoms with Crippen molar-refractivity contribution >= 4 is 6.03 Å². The molecule has 0 spiro atoms. The molecule has 1 saturated carbocycles. The van der Waals surface area contributed by atoms with Gasteiger partial charge in [0.2, 0.25) is 0 Å². The molecule has 2 heterocycles. The summed E-state index contributed by atoms with van der Waals surface area (Å²) in [6.07, 6.45) is 6.29. The molecule has 5 nitrogen and oxygen atoms in total. The fraction of sp³-hybridized carbons (Fsp3) is 0.684. The number of carbonyl (C=O) groups is 1. The number of aromatic nitrogens is 1. The summed E-state index contributed by atoms with van der Waals surface area (Å²) in [5, 5.41) is 3.17. The third kappa shape index (κ3) is 3.72. The summed E-state index contributed by atoms with van der Waals surface area (Å²) < 4.78 is 5.86. The molecular formula is C19H29N3O2. The molecule has 0 radical (unpaired) electrons. The molecule has 1 aromatic rings. The minimum Gasteiger partial charge on any atom is -0.376 e. The number of pyridine rings is 1. The third-order valence-corrected chi connectivity index (χ3v) is 5.43. The van der Waals surface area contributed by atoms with E-state index in [0.717, 1.165) is 38.1 Å². The van der Waals surface area contributed by atoms with Crippen molar-refractivity contribution in [1.29, 1.82) is 0 Å². The molecule has 2 aliphatic rings. The Bertz CT molecular complexity index is 543. The Balaban J connectivity index is 1.60. The molecule has 1 atom stereocenters. The third-order valence-electron chi connectivity index (χ3n) is 5.43. The maximum atomic E-state index is 12.7. The molecule has 1 aliphatic carbocycles. The van der Waals surface area contributed by atoms with E-state index in [1.54, 1.807) is 0 Å². The number of nitrogens with zero attached hydrogens (tertiary/aromatic N) is 2. The van der Waals surface area contributed by atoms with Gasteiger partial charge in [-0.2, -0.15) is 0 Å². The smallest absolute Gasteiger partial charge is 0.317 e. The highest BCUT2D eigenvalue weighted by atomic mass is 16.5. The Morgan fingerprint density at radius 2 is 2.25 bits per heavy atom. The van der Waals surface area contributed by atoms with Gasteiger partial charge in [-0.25, -0.2) is 4.79 Å². The van der Waals surface area contributed by atoms with Gasteiger partial charge in [0.25, 0.3) is 0 Å². The second kappa shape index (κ2) is 7.51. The second-order valence-electron chi connectivity index (χ2n) is 7.46. The van der Waals surface area contributed by atoms with Crippen molar-refractivity contribution in [3.8, 4) is 0 Å². The topological polar surface area (TPSA) is 54.5 Å². The van der Waals surface area contributed by atoms with Gasteiger partial charge in [0.1, 0.15) is 0 Å². The lowest BCUT2D eigenvalue weighted by atomic mass is 9.66. The number of amides is 2. The van der Waals surface area contributed by atoms with E-state index in [2.05, 4.69) is 30.2 Å². The summed E-state index contributed by atoms with van der Waals surface area (Å²) >= 11 is 0. The molecule has 1 N–H and O–H groups in total. The van der Waals surface area contributed by atoms with Crippen molar-refractivity contribution in [1.82, 2.24) is 15.2 Å². The van der Waals surface area contributed by atoms with Gasteiger partial charge in [-0.15, -0.1) is 0 Å². The van der Waals surface area contributed by atoms with Crippen LogP contribution in [0.15, 0.2) is 24.4 Å². The minimum absolute atomic E-state index is 0.0245. The van der Waals surface area contributed by atoms with Gasteiger partial charge < -0.3 is 15.0 Å². The second-order valence-corrected chi connectivity index (χ2v) is 7.46. The number of hydrogen-bond acceptors (Lipinski definition) is 3. The van der Waals surface area contributed by atoms with E-state index in [0.29, 0.717) is 19.0 Å². The summed E-state index contributed by atoms with van der Waals surface area (Å²) in [6, 6.07) is 6.09. The van der Waals surface area contributed by atoms with Crippen molar-refractivity contribution in [3.05, 3.63) is 30.1 Å². The molecule has 2 fully saturated rings. The maximum Gasteiger partial charge on any atom is 0.317 e. The van der Waals surface area contributed by atoms with Crippen LogP contribution in [-0.4, -0.2) is 48.3 Å². The first-order valence-corrected chi connectivity index (χ1v) is 9.17. The minimum atomic E-state index is 0.0245. The molecule has 2 amide bonds. The molecule has 0 aromatic carbocycles. The van der Waals surface area contributed by atoms with Gasteiger partial charge in [-0.05, 0) is 37.3 Å². The highest BCUT2D eigenvalue weighted by Gasteiger charge is 2.40. The molecule has 0 bridgehead atoms. The number of urea groups is 1. The first kappa shape index (κ1) is 17.2. The molecular weight excluding hydrogens is 302 g/mol. The zero-order valence-corrected chi connectivity index (χ0v) is 14.8. The Morgan fingerprint density at radius 3 is 2.88 bits per heavy atom. The normalized spacial score (nSPS) is 23.5. The van der Waals surface area contributed by atoms with Crippen LogP contribution in [-0.2, 0) is 10.2 Å². The molecule has 1 aromatic heterocycles. The molecule has 1 saturated heterocycles.